The van der Waals surface area contributed by atoms with Crippen molar-refractivity contribution in [1.29, 1.82) is 0 Å². The normalized spacial score (nSPS) is 11.9. The van der Waals surface area contributed by atoms with E-state index in [-0.39, 0.29) is 23.1 Å². The van der Waals surface area contributed by atoms with Crippen LogP contribution >= 0.6 is 0 Å². The van der Waals surface area contributed by atoms with Gasteiger partial charge in [0.15, 0.2) is 11.9 Å². The summed E-state index contributed by atoms with van der Waals surface area (Å²) < 4.78 is 14.3. The van der Waals surface area contributed by atoms with E-state index in [0.717, 1.165) is 27.8 Å². The van der Waals surface area contributed by atoms with Crippen molar-refractivity contribution in [2.75, 3.05) is 6.54 Å². The zero-order valence-electron chi connectivity index (χ0n) is 17.3. The molecular formula is C23H20FN5O4. The zero-order valence-corrected chi connectivity index (χ0v) is 17.3. The van der Waals surface area contributed by atoms with Gasteiger partial charge in [-0.1, -0.05) is 54.6 Å². The van der Waals surface area contributed by atoms with Gasteiger partial charge in [0.05, 0.1) is 13.1 Å². The maximum Gasteiger partial charge on any atom is 0.333 e. The second kappa shape index (κ2) is 9.55. The molecular weight excluding hydrogens is 429 g/mol. The van der Waals surface area contributed by atoms with Gasteiger partial charge in [-0.05, 0) is 28.8 Å². The zero-order chi connectivity index (χ0) is 23.4. The summed E-state index contributed by atoms with van der Waals surface area (Å²) in [5.74, 6) is -2.77. The van der Waals surface area contributed by atoms with Crippen LogP contribution in [-0.2, 0) is 11.3 Å². The Labute approximate surface area is 187 Å². The van der Waals surface area contributed by atoms with Gasteiger partial charge in [0, 0.05) is 5.56 Å². The van der Waals surface area contributed by atoms with Crippen LogP contribution in [-0.4, -0.2) is 55.2 Å². The molecule has 0 fully saturated rings. The number of aromatic amines is 1. The number of aliphatic hydroxyl groups excluding tert-OH is 1. The molecule has 0 bridgehead atoms. The third-order valence-electron chi connectivity index (χ3n) is 5.03. The summed E-state index contributed by atoms with van der Waals surface area (Å²) in [7, 11) is 0. The number of carboxylic acids is 1. The lowest BCUT2D eigenvalue weighted by Gasteiger charge is -2.24. The second-order valence-electron chi connectivity index (χ2n) is 7.32. The summed E-state index contributed by atoms with van der Waals surface area (Å²) in [6.07, 6.45) is -1.73. The molecule has 3 aromatic carbocycles. The van der Waals surface area contributed by atoms with Crippen LogP contribution in [0.1, 0.15) is 15.9 Å². The highest BCUT2D eigenvalue weighted by Crippen LogP contribution is 2.21. The highest BCUT2D eigenvalue weighted by atomic mass is 19.1. The minimum absolute atomic E-state index is 0.00357. The van der Waals surface area contributed by atoms with Crippen molar-refractivity contribution in [3.63, 3.8) is 0 Å². The minimum Gasteiger partial charge on any atom is -0.479 e. The van der Waals surface area contributed by atoms with Crippen LogP contribution in [0, 0.1) is 5.82 Å². The van der Waals surface area contributed by atoms with Gasteiger partial charge >= 0.3 is 5.97 Å². The van der Waals surface area contributed by atoms with E-state index in [1.807, 2.05) is 54.6 Å². The fourth-order valence-electron chi connectivity index (χ4n) is 3.29. The molecule has 0 aliphatic heterocycles. The van der Waals surface area contributed by atoms with Crippen molar-refractivity contribution < 1.29 is 24.2 Å². The molecule has 0 saturated heterocycles. The number of amides is 1. The number of nitrogens with zero attached hydrogens (tertiary/aromatic N) is 3. The Morgan fingerprint density at radius 3 is 2.42 bits per heavy atom. The summed E-state index contributed by atoms with van der Waals surface area (Å²) in [5.41, 5.74) is 5.58. The average molecular weight is 449 g/mol. The van der Waals surface area contributed by atoms with Crippen molar-refractivity contribution >= 4 is 22.9 Å². The highest BCUT2D eigenvalue weighted by molar-refractivity contribution is 5.97. The summed E-state index contributed by atoms with van der Waals surface area (Å²) in [6.45, 7) is -0.378. The van der Waals surface area contributed by atoms with Crippen molar-refractivity contribution in [2.45, 2.75) is 12.6 Å². The number of fused-ring (bicyclic) bond motifs is 1. The molecule has 1 unspecified atom stereocenters. The van der Waals surface area contributed by atoms with Gasteiger partial charge in [-0.2, -0.15) is 15.4 Å². The Balaban J connectivity index is 1.58. The molecule has 33 heavy (non-hydrogen) atoms. The monoisotopic (exact) mass is 449 g/mol. The number of carbonyl (C=O) groups is 2. The van der Waals surface area contributed by atoms with Crippen LogP contribution in [0.3, 0.4) is 0 Å². The minimum atomic E-state index is -1.73. The molecule has 1 aromatic heterocycles. The number of benzene rings is 3. The quantitative estimate of drug-likeness (QED) is 0.304. The van der Waals surface area contributed by atoms with Crippen LogP contribution in [0.5, 0.6) is 0 Å². The Morgan fingerprint density at radius 1 is 1.03 bits per heavy atom. The number of carboxylic acid groups (broad SMARTS) is 1. The van der Waals surface area contributed by atoms with Crippen LogP contribution in [0.25, 0.3) is 22.2 Å². The molecule has 0 radical (unpaired) electrons. The summed E-state index contributed by atoms with van der Waals surface area (Å²) in [5, 5.41) is 29.5. The predicted octanol–water partition coefficient (Wildman–Crippen LogP) is 2.36. The van der Waals surface area contributed by atoms with Crippen LogP contribution < -0.4 is 5.43 Å². The van der Waals surface area contributed by atoms with Gasteiger partial charge in [0.1, 0.15) is 11.0 Å². The van der Waals surface area contributed by atoms with Crippen molar-refractivity contribution in [2.24, 2.45) is 0 Å². The average Bonchev–Trinajstić information content (AvgIpc) is 3.31. The number of halogens is 1. The molecule has 4 aromatic rings. The number of hydrazine groups is 1. The summed E-state index contributed by atoms with van der Waals surface area (Å²) >= 11 is 0. The number of hydrogen-bond donors (Lipinski definition) is 4. The fourth-order valence-corrected chi connectivity index (χ4v) is 3.29. The Hall–Kier alpha value is -4.15. The molecule has 1 atom stereocenters. The molecule has 4 rings (SSSR count). The molecule has 1 amide bonds. The number of rotatable bonds is 8. The van der Waals surface area contributed by atoms with Gasteiger partial charge in [0.2, 0.25) is 0 Å². The number of H-pyrrole nitrogens is 1. The van der Waals surface area contributed by atoms with E-state index in [0.29, 0.717) is 0 Å². The van der Waals surface area contributed by atoms with Crippen LogP contribution in [0.4, 0.5) is 4.39 Å². The molecule has 0 saturated carbocycles. The topological polar surface area (TPSA) is 131 Å². The number of hydrogen-bond acceptors (Lipinski definition) is 6. The number of aliphatic carboxylic acids is 1. The van der Waals surface area contributed by atoms with E-state index < -0.39 is 30.3 Å². The van der Waals surface area contributed by atoms with Crippen molar-refractivity contribution in [1.82, 2.24) is 25.8 Å². The molecule has 0 aliphatic carbocycles. The van der Waals surface area contributed by atoms with Crippen LogP contribution in [0.2, 0.25) is 0 Å². The SMILES string of the molecule is O=C(O)C(O)CNN(Cc1ccc(-c2ccccc2)cc1)C(=O)c1cc(F)c2n[nH]nc2c1. The van der Waals surface area contributed by atoms with E-state index in [1.165, 1.54) is 6.07 Å². The molecule has 0 spiro atoms. The van der Waals surface area contributed by atoms with Gasteiger partial charge < -0.3 is 10.2 Å². The first-order chi connectivity index (χ1) is 15.9. The summed E-state index contributed by atoms with van der Waals surface area (Å²) in [6, 6.07) is 19.7. The largest absolute Gasteiger partial charge is 0.479 e. The number of carbonyl (C=O) groups excluding carboxylic acids is 1. The fraction of sp³-hybridized carbons (Fsp3) is 0.130. The first-order valence-electron chi connectivity index (χ1n) is 10.0. The van der Waals surface area contributed by atoms with Crippen molar-refractivity contribution in [3.8, 4) is 11.1 Å². The van der Waals surface area contributed by atoms with E-state index in [9.17, 15) is 19.1 Å². The lowest BCUT2D eigenvalue weighted by Crippen LogP contribution is -2.47. The van der Waals surface area contributed by atoms with Crippen molar-refractivity contribution in [3.05, 3.63) is 83.7 Å². The number of aliphatic hydroxyl groups is 1. The number of nitrogens with one attached hydrogen (secondary N) is 2. The van der Waals surface area contributed by atoms with Gasteiger partial charge in [-0.25, -0.2) is 14.6 Å². The van der Waals surface area contributed by atoms with E-state index in [2.05, 4.69) is 20.8 Å². The first-order valence-corrected chi connectivity index (χ1v) is 10.0. The highest BCUT2D eigenvalue weighted by Gasteiger charge is 2.22. The lowest BCUT2D eigenvalue weighted by molar-refractivity contribution is -0.146. The standard InChI is InChI=1S/C23H20FN5O4/c24-18-10-17(11-19-21(18)27-28-26-19)22(31)29(25-12-20(30)23(32)33)13-14-6-8-16(9-7-14)15-4-2-1-3-5-15/h1-11,20,25,30H,12-13H2,(H,32,33)(H,26,27,28). The Kier molecular flexibility index (Phi) is 6.38. The van der Waals surface area contributed by atoms with E-state index in [1.54, 1.807) is 0 Å². The Bertz CT molecular complexity index is 1280. The third-order valence-corrected chi connectivity index (χ3v) is 5.03. The van der Waals surface area contributed by atoms with E-state index >= 15 is 0 Å². The van der Waals surface area contributed by atoms with Gasteiger partial charge in [-0.15, -0.1) is 0 Å². The number of aromatic nitrogens is 3. The molecule has 4 N–H and O–H groups in total. The van der Waals surface area contributed by atoms with Gasteiger partial charge in [0.25, 0.3) is 5.91 Å². The molecule has 10 heteroatoms. The smallest absolute Gasteiger partial charge is 0.333 e. The predicted molar refractivity (Wildman–Crippen MR) is 117 cm³/mol. The van der Waals surface area contributed by atoms with E-state index in [4.69, 9.17) is 5.11 Å². The maximum atomic E-state index is 14.3. The van der Waals surface area contributed by atoms with Crippen LogP contribution in [0.15, 0.2) is 66.7 Å². The molecule has 168 valence electrons. The summed E-state index contributed by atoms with van der Waals surface area (Å²) in [4.78, 5) is 24.1. The maximum absolute atomic E-state index is 14.3. The first kappa shape index (κ1) is 22.1. The van der Waals surface area contributed by atoms with Gasteiger partial charge in [-0.3, -0.25) is 9.80 Å². The second-order valence-corrected chi connectivity index (χ2v) is 7.32. The molecule has 9 nitrogen and oxygen atoms in total. The third kappa shape index (κ3) is 5.03. The Morgan fingerprint density at radius 2 is 1.73 bits per heavy atom. The lowest BCUT2D eigenvalue weighted by atomic mass is 10.0. The molecule has 0 aliphatic rings. The molecule has 1 heterocycles.